The van der Waals surface area contributed by atoms with Crippen molar-refractivity contribution in [2.45, 2.75) is 25.2 Å². The Labute approximate surface area is 234 Å². The monoisotopic (exact) mass is 587 g/mol. The molecular formula is C27H23Cl2N3O6S. The summed E-state index contributed by atoms with van der Waals surface area (Å²) in [7, 11) is -4.62. The second-order valence-corrected chi connectivity index (χ2v) is 10.4. The molecular weight excluding hydrogens is 565 g/mol. The maximum atomic E-state index is 13.3. The molecule has 4 rings (SSSR count). The summed E-state index contributed by atoms with van der Waals surface area (Å²) in [6.45, 7) is 4.00. The van der Waals surface area contributed by atoms with Crippen molar-refractivity contribution < 1.29 is 27.6 Å². The van der Waals surface area contributed by atoms with Gasteiger partial charge in [0.1, 0.15) is 27.0 Å². The van der Waals surface area contributed by atoms with Gasteiger partial charge >= 0.3 is 0 Å². The third-order valence-corrected chi connectivity index (χ3v) is 7.60. The van der Waals surface area contributed by atoms with Gasteiger partial charge in [-0.15, -0.1) is 10.2 Å². The zero-order valence-corrected chi connectivity index (χ0v) is 23.1. The van der Waals surface area contributed by atoms with Crippen molar-refractivity contribution in [3.8, 4) is 11.5 Å². The average Bonchev–Trinajstić information content (AvgIpc) is 2.90. The Morgan fingerprint density at radius 1 is 0.974 bits per heavy atom. The minimum absolute atomic E-state index is 0.00662. The first-order valence-electron chi connectivity index (χ1n) is 11.7. The molecule has 0 saturated carbocycles. The second kappa shape index (κ2) is 11.6. The SMILES string of the molecule is CCOc1cccc(NC(=O)c2cc3ccccc3c(N=Nc3c(CC)ccc(S(=O)(=O)O)c3Cl)c2O)c1Cl. The lowest BCUT2D eigenvalue weighted by Gasteiger charge is -2.14. The number of aromatic hydroxyl groups is 1. The molecule has 0 fully saturated rings. The number of azo groups is 1. The molecule has 12 heteroatoms. The van der Waals surface area contributed by atoms with E-state index in [9.17, 15) is 22.9 Å². The molecule has 0 aromatic heterocycles. The molecule has 0 aliphatic carbocycles. The van der Waals surface area contributed by atoms with E-state index in [-0.39, 0.29) is 32.7 Å². The smallest absolute Gasteiger partial charge is 0.296 e. The van der Waals surface area contributed by atoms with Crippen molar-refractivity contribution >= 4 is 67.1 Å². The molecule has 0 aliphatic heterocycles. The van der Waals surface area contributed by atoms with Crippen molar-refractivity contribution in [2.75, 3.05) is 11.9 Å². The number of rotatable bonds is 8. The molecule has 0 aliphatic rings. The predicted molar refractivity (Wildman–Crippen MR) is 151 cm³/mol. The van der Waals surface area contributed by atoms with E-state index in [2.05, 4.69) is 15.5 Å². The van der Waals surface area contributed by atoms with Crippen LogP contribution in [-0.4, -0.2) is 30.6 Å². The molecule has 0 atom stereocenters. The minimum atomic E-state index is -4.62. The van der Waals surface area contributed by atoms with E-state index < -0.39 is 26.7 Å². The van der Waals surface area contributed by atoms with Crippen LogP contribution in [0, 0.1) is 0 Å². The van der Waals surface area contributed by atoms with Crippen molar-refractivity contribution in [3.05, 3.63) is 81.8 Å². The van der Waals surface area contributed by atoms with E-state index in [0.29, 0.717) is 35.1 Å². The number of anilines is 1. The number of benzene rings is 4. The lowest BCUT2D eigenvalue weighted by Crippen LogP contribution is -2.13. The molecule has 4 aromatic rings. The summed E-state index contributed by atoms with van der Waals surface area (Å²) in [5.41, 5.74) is 0.700. The van der Waals surface area contributed by atoms with Gasteiger partial charge in [-0.1, -0.05) is 66.5 Å². The Morgan fingerprint density at radius 2 is 1.69 bits per heavy atom. The number of fused-ring (bicyclic) bond motifs is 1. The van der Waals surface area contributed by atoms with E-state index in [0.717, 1.165) is 0 Å². The Balaban J connectivity index is 1.83. The molecule has 9 nitrogen and oxygen atoms in total. The summed E-state index contributed by atoms with van der Waals surface area (Å²) in [5, 5.41) is 23.1. The Hall–Kier alpha value is -3.70. The van der Waals surface area contributed by atoms with Gasteiger partial charge in [-0.05, 0) is 48.6 Å². The summed E-state index contributed by atoms with van der Waals surface area (Å²) < 4.78 is 38.5. The van der Waals surface area contributed by atoms with Crippen LogP contribution in [0.15, 0.2) is 75.8 Å². The molecule has 39 heavy (non-hydrogen) atoms. The van der Waals surface area contributed by atoms with Gasteiger partial charge in [-0.25, -0.2) is 0 Å². The first kappa shape index (κ1) is 28.3. The van der Waals surface area contributed by atoms with E-state index in [1.807, 2.05) is 0 Å². The standard InChI is InChI=1S/C27H23Cl2N3O6S/c1-3-15-12-13-21(39(35,36)37)23(29)24(15)31-32-25-17-9-6-5-8-16(17)14-18(26(25)33)27(34)30-19-10-7-11-20(22(19)28)38-4-2/h5-14,33H,3-4H2,1-2H3,(H,30,34)(H,35,36,37). The number of hydrogen-bond donors (Lipinski definition) is 3. The number of nitrogens with zero attached hydrogens (tertiary/aromatic N) is 2. The molecule has 0 spiro atoms. The van der Waals surface area contributed by atoms with Crippen LogP contribution in [0.4, 0.5) is 17.1 Å². The highest BCUT2D eigenvalue weighted by atomic mass is 35.5. The van der Waals surface area contributed by atoms with Crippen LogP contribution < -0.4 is 10.1 Å². The van der Waals surface area contributed by atoms with Gasteiger partial charge in [-0.3, -0.25) is 9.35 Å². The topological polar surface area (TPSA) is 138 Å². The molecule has 1 amide bonds. The molecule has 0 radical (unpaired) electrons. The quantitative estimate of drug-likeness (QED) is 0.142. The van der Waals surface area contributed by atoms with E-state index >= 15 is 0 Å². The van der Waals surface area contributed by atoms with Gasteiger partial charge in [0.25, 0.3) is 16.0 Å². The van der Waals surface area contributed by atoms with Crippen LogP contribution in [0.25, 0.3) is 10.8 Å². The maximum Gasteiger partial charge on any atom is 0.296 e. The van der Waals surface area contributed by atoms with Crippen molar-refractivity contribution in [2.24, 2.45) is 10.2 Å². The number of nitrogens with one attached hydrogen (secondary N) is 1. The van der Waals surface area contributed by atoms with Crippen LogP contribution in [0.2, 0.25) is 10.0 Å². The fourth-order valence-electron chi connectivity index (χ4n) is 3.93. The number of carbonyl (C=O) groups excluding carboxylic acids is 1. The lowest BCUT2D eigenvalue weighted by atomic mass is 10.0. The fourth-order valence-corrected chi connectivity index (χ4v) is 5.24. The van der Waals surface area contributed by atoms with Gasteiger partial charge in [0.15, 0.2) is 5.75 Å². The van der Waals surface area contributed by atoms with Gasteiger partial charge in [0.2, 0.25) is 0 Å². The van der Waals surface area contributed by atoms with E-state index in [1.54, 1.807) is 56.3 Å². The number of phenolic OH excluding ortho intramolecular Hbond substituents is 1. The van der Waals surface area contributed by atoms with Gasteiger partial charge in [0, 0.05) is 5.39 Å². The largest absolute Gasteiger partial charge is 0.505 e. The highest BCUT2D eigenvalue weighted by molar-refractivity contribution is 7.86. The van der Waals surface area contributed by atoms with Crippen LogP contribution >= 0.6 is 23.2 Å². The van der Waals surface area contributed by atoms with Gasteiger partial charge in [0.05, 0.1) is 22.9 Å². The summed E-state index contributed by atoms with van der Waals surface area (Å²) in [6.07, 6.45) is 0.427. The van der Waals surface area contributed by atoms with Crippen molar-refractivity contribution in [1.29, 1.82) is 0 Å². The summed E-state index contributed by atoms with van der Waals surface area (Å²) >= 11 is 12.7. The number of carbonyl (C=O) groups is 1. The Kier molecular flexibility index (Phi) is 8.41. The lowest BCUT2D eigenvalue weighted by molar-refractivity contribution is 0.102. The zero-order chi connectivity index (χ0) is 28.3. The number of halogens is 2. The normalized spacial score (nSPS) is 11.7. The number of hydrogen-bond acceptors (Lipinski definition) is 7. The molecule has 0 unspecified atom stereocenters. The number of phenols is 1. The minimum Gasteiger partial charge on any atom is -0.505 e. The number of aryl methyl sites for hydroxylation is 1. The highest BCUT2D eigenvalue weighted by Gasteiger charge is 2.22. The van der Waals surface area contributed by atoms with Crippen LogP contribution in [0.5, 0.6) is 11.5 Å². The third kappa shape index (κ3) is 5.84. The van der Waals surface area contributed by atoms with E-state index in [4.69, 9.17) is 27.9 Å². The highest BCUT2D eigenvalue weighted by Crippen LogP contribution is 2.42. The predicted octanol–water partition coefficient (Wildman–Crippen LogP) is 7.73. The van der Waals surface area contributed by atoms with Crippen LogP contribution in [0.1, 0.15) is 29.8 Å². The molecule has 202 valence electrons. The number of amides is 1. The molecule has 3 N–H and O–H groups in total. The molecule has 4 aromatic carbocycles. The van der Waals surface area contributed by atoms with Crippen LogP contribution in [0.3, 0.4) is 0 Å². The molecule has 0 bridgehead atoms. The maximum absolute atomic E-state index is 13.3. The summed E-state index contributed by atoms with van der Waals surface area (Å²) in [4.78, 5) is 12.8. The third-order valence-electron chi connectivity index (χ3n) is 5.82. The molecule has 0 heterocycles. The number of ether oxygens (including phenoxy) is 1. The second-order valence-electron chi connectivity index (χ2n) is 8.26. The summed E-state index contributed by atoms with van der Waals surface area (Å²) in [5.74, 6) is -0.733. The first-order chi connectivity index (χ1) is 18.6. The zero-order valence-electron chi connectivity index (χ0n) is 20.8. The van der Waals surface area contributed by atoms with Crippen molar-refractivity contribution in [3.63, 3.8) is 0 Å². The van der Waals surface area contributed by atoms with Gasteiger partial charge in [-0.2, -0.15) is 8.42 Å². The summed E-state index contributed by atoms with van der Waals surface area (Å²) in [6, 6.07) is 16.0. The Bertz CT molecular complexity index is 1720. The fraction of sp³-hybridized carbons (Fsp3) is 0.148. The average molecular weight is 588 g/mol. The van der Waals surface area contributed by atoms with E-state index in [1.165, 1.54) is 18.2 Å². The van der Waals surface area contributed by atoms with Crippen molar-refractivity contribution in [1.82, 2.24) is 0 Å². The first-order valence-corrected chi connectivity index (χ1v) is 13.9. The van der Waals surface area contributed by atoms with Crippen LogP contribution in [-0.2, 0) is 16.5 Å². The Morgan fingerprint density at radius 3 is 2.38 bits per heavy atom. The molecule has 0 saturated heterocycles. The van der Waals surface area contributed by atoms with Gasteiger partial charge < -0.3 is 15.2 Å².